The van der Waals surface area contributed by atoms with E-state index in [9.17, 15) is 0 Å². The SMILES string of the molecule is C1=CCc2c3c(ccc2=C1)=C1CCC=CC1=CC3. The van der Waals surface area contributed by atoms with Crippen LogP contribution in [0.2, 0.25) is 0 Å². The van der Waals surface area contributed by atoms with Crippen LogP contribution in [-0.4, -0.2) is 0 Å². The molecule has 0 saturated heterocycles. The Bertz CT molecular complexity index is 724. The summed E-state index contributed by atoms with van der Waals surface area (Å²) in [7, 11) is 0. The minimum atomic E-state index is 1.10. The Balaban J connectivity index is 2.07. The molecule has 18 heavy (non-hydrogen) atoms. The Labute approximate surface area is 107 Å². The van der Waals surface area contributed by atoms with Crippen molar-refractivity contribution in [2.45, 2.75) is 25.7 Å². The average Bonchev–Trinajstić information content (AvgIpc) is 2.46. The van der Waals surface area contributed by atoms with Crippen molar-refractivity contribution >= 4 is 11.6 Å². The van der Waals surface area contributed by atoms with Crippen molar-refractivity contribution in [3.05, 3.63) is 69.7 Å². The molecular weight excluding hydrogens is 216 g/mol. The van der Waals surface area contributed by atoms with Crippen LogP contribution < -0.4 is 10.4 Å². The summed E-state index contributed by atoms with van der Waals surface area (Å²) in [6.45, 7) is 0. The normalized spacial score (nSPS) is 19.6. The first kappa shape index (κ1) is 10.1. The first-order valence-electron chi connectivity index (χ1n) is 6.81. The number of hydrogen-bond donors (Lipinski definition) is 0. The molecule has 0 N–H and O–H groups in total. The van der Waals surface area contributed by atoms with Gasteiger partial charge in [-0.05, 0) is 58.4 Å². The zero-order valence-electron chi connectivity index (χ0n) is 10.4. The third-order valence-corrected chi connectivity index (χ3v) is 4.26. The van der Waals surface area contributed by atoms with Gasteiger partial charge in [-0.25, -0.2) is 0 Å². The molecule has 1 aromatic carbocycles. The van der Waals surface area contributed by atoms with Crippen LogP contribution in [0.5, 0.6) is 0 Å². The van der Waals surface area contributed by atoms with Crippen LogP contribution in [0.1, 0.15) is 24.0 Å². The Kier molecular flexibility index (Phi) is 2.16. The third-order valence-electron chi connectivity index (χ3n) is 4.26. The van der Waals surface area contributed by atoms with Gasteiger partial charge in [0.2, 0.25) is 0 Å². The zero-order chi connectivity index (χ0) is 11.9. The topological polar surface area (TPSA) is 0 Å². The van der Waals surface area contributed by atoms with Crippen LogP contribution in [0.3, 0.4) is 0 Å². The van der Waals surface area contributed by atoms with Crippen LogP contribution in [0.25, 0.3) is 11.6 Å². The van der Waals surface area contributed by atoms with Gasteiger partial charge < -0.3 is 0 Å². The summed E-state index contributed by atoms with van der Waals surface area (Å²) < 4.78 is 0. The largest absolute Gasteiger partial charge is 0.0836 e. The predicted octanol–water partition coefficient (Wildman–Crippen LogP) is 2.56. The van der Waals surface area contributed by atoms with E-state index in [1.807, 2.05) is 0 Å². The highest BCUT2D eigenvalue weighted by atomic mass is 14.2. The number of benzene rings is 1. The van der Waals surface area contributed by atoms with Crippen LogP contribution in [-0.2, 0) is 12.8 Å². The molecule has 0 atom stereocenters. The van der Waals surface area contributed by atoms with Gasteiger partial charge in [-0.2, -0.15) is 0 Å². The first-order valence-corrected chi connectivity index (χ1v) is 6.81. The lowest BCUT2D eigenvalue weighted by atomic mass is 9.83. The Morgan fingerprint density at radius 3 is 2.94 bits per heavy atom. The van der Waals surface area contributed by atoms with E-state index in [4.69, 9.17) is 0 Å². The van der Waals surface area contributed by atoms with Crippen LogP contribution in [0, 0.1) is 0 Å². The van der Waals surface area contributed by atoms with Crippen molar-refractivity contribution in [1.29, 1.82) is 0 Å². The fraction of sp³-hybridized carbons (Fsp3) is 0.222. The van der Waals surface area contributed by atoms with E-state index in [1.165, 1.54) is 28.9 Å². The van der Waals surface area contributed by atoms with Gasteiger partial charge >= 0.3 is 0 Å². The smallest absolute Gasteiger partial charge is 0.00792 e. The van der Waals surface area contributed by atoms with Crippen LogP contribution in [0.4, 0.5) is 0 Å². The summed E-state index contributed by atoms with van der Waals surface area (Å²) in [5.74, 6) is 0. The lowest BCUT2D eigenvalue weighted by Crippen LogP contribution is -2.26. The fourth-order valence-electron chi connectivity index (χ4n) is 3.36. The lowest BCUT2D eigenvalue weighted by molar-refractivity contribution is 1.000. The summed E-state index contributed by atoms with van der Waals surface area (Å²) >= 11 is 0. The molecule has 1 aromatic rings. The van der Waals surface area contributed by atoms with Crippen molar-refractivity contribution in [2.75, 3.05) is 0 Å². The third kappa shape index (κ3) is 1.38. The molecule has 0 aliphatic heterocycles. The molecule has 0 heteroatoms. The number of allylic oxidation sites excluding steroid dienone is 6. The maximum atomic E-state index is 2.41. The number of hydrogen-bond acceptors (Lipinski definition) is 0. The van der Waals surface area contributed by atoms with Gasteiger partial charge in [-0.1, -0.05) is 48.6 Å². The van der Waals surface area contributed by atoms with Gasteiger partial charge in [0.05, 0.1) is 0 Å². The van der Waals surface area contributed by atoms with Gasteiger partial charge in [-0.3, -0.25) is 0 Å². The molecule has 0 nitrogen and oxygen atoms in total. The molecule has 0 spiro atoms. The minimum absolute atomic E-state index is 1.10. The average molecular weight is 232 g/mol. The maximum absolute atomic E-state index is 2.41. The quantitative estimate of drug-likeness (QED) is 0.645. The molecule has 0 heterocycles. The lowest BCUT2D eigenvalue weighted by Gasteiger charge is -2.21. The van der Waals surface area contributed by atoms with Crippen molar-refractivity contribution < 1.29 is 0 Å². The van der Waals surface area contributed by atoms with Gasteiger partial charge in [0.25, 0.3) is 0 Å². The second-order valence-corrected chi connectivity index (χ2v) is 5.24. The highest BCUT2D eigenvalue weighted by Crippen LogP contribution is 2.27. The summed E-state index contributed by atoms with van der Waals surface area (Å²) in [6.07, 6.45) is 18.3. The van der Waals surface area contributed by atoms with E-state index < -0.39 is 0 Å². The van der Waals surface area contributed by atoms with E-state index in [-0.39, 0.29) is 0 Å². The Morgan fingerprint density at radius 1 is 0.944 bits per heavy atom. The monoisotopic (exact) mass is 232 g/mol. The molecule has 0 saturated carbocycles. The molecule has 4 rings (SSSR count). The molecule has 0 bridgehead atoms. The van der Waals surface area contributed by atoms with Crippen molar-refractivity contribution in [1.82, 2.24) is 0 Å². The standard InChI is InChI=1S/C18H16/c1-3-7-15-13(5-1)9-11-18-16-8-4-2-6-14(16)10-12-17(15)18/h1-3,5-6,9-11H,4,7-8,12H2. The maximum Gasteiger partial charge on any atom is -0.00792 e. The second-order valence-electron chi connectivity index (χ2n) is 5.24. The van der Waals surface area contributed by atoms with E-state index >= 15 is 0 Å². The molecule has 0 unspecified atom stereocenters. The van der Waals surface area contributed by atoms with E-state index in [0.717, 1.165) is 12.8 Å². The number of fused-ring (bicyclic) bond motifs is 4. The van der Waals surface area contributed by atoms with E-state index in [1.54, 1.807) is 16.7 Å². The second kappa shape index (κ2) is 3.84. The molecule has 0 aromatic heterocycles. The highest BCUT2D eigenvalue weighted by Gasteiger charge is 2.16. The molecule has 88 valence electrons. The van der Waals surface area contributed by atoms with Crippen LogP contribution >= 0.6 is 0 Å². The van der Waals surface area contributed by atoms with Crippen molar-refractivity contribution in [2.24, 2.45) is 0 Å². The molecule has 0 radical (unpaired) electrons. The fourth-order valence-corrected chi connectivity index (χ4v) is 3.36. The molecule has 0 fully saturated rings. The molecular formula is C18H16. The number of rotatable bonds is 0. The molecule has 0 amide bonds. The van der Waals surface area contributed by atoms with Crippen LogP contribution in [0.15, 0.2) is 48.1 Å². The highest BCUT2D eigenvalue weighted by molar-refractivity contribution is 5.73. The van der Waals surface area contributed by atoms with Gasteiger partial charge in [0, 0.05) is 0 Å². The summed E-state index contributed by atoms with van der Waals surface area (Å²) in [4.78, 5) is 0. The molecule has 3 aliphatic carbocycles. The first-order chi connectivity index (χ1) is 8.93. The summed E-state index contributed by atoms with van der Waals surface area (Å²) in [6, 6.07) is 4.64. The predicted molar refractivity (Wildman–Crippen MR) is 76.6 cm³/mol. The summed E-state index contributed by atoms with van der Waals surface area (Å²) in [5.41, 5.74) is 6.15. The molecule has 3 aliphatic rings. The van der Waals surface area contributed by atoms with E-state index in [2.05, 4.69) is 48.6 Å². The van der Waals surface area contributed by atoms with Gasteiger partial charge in [0.1, 0.15) is 0 Å². The Hall–Kier alpha value is -1.82. The minimum Gasteiger partial charge on any atom is -0.0836 e. The van der Waals surface area contributed by atoms with Gasteiger partial charge in [-0.15, -0.1) is 0 Å². The van der Waals surface area contributed by atoms with Gasteiger partial charge in [0.15, 0.2) is 0 Å². The van der Waals surface area contributed by atoms with Crippen molar-refractivity contribution in [3.63, 3.8) is 0 Å². The summed E-state index contributed by atoms with van der Waals surface area (Å²) in [5, 5.41) is 2.93. The van der Waals surface area contributed by atoms with Crippen molar-refractivity contribution in [3.8, 4) is 0 Å². The zero-order valence-corrected chi connectivity index (χ0v) is 10.4. The van der Waals surface area contributed by atoms with E-state index in [0.29, 0.717) is 0 Å². The Morgan fingerprint density at radius 2 is 1.94 bits per heavy atom.